The lowest BCUT2D eigenvalue weighted by molar-refractivity contribution is -0.0760. The molecule has 24 heavy (non-hydrogen) atoms. The van der Waals surface area contributed by atoms with Crippen LogP contribution in [-0.2, 0) is 23.3 Å². The third-order valence-corrected chi connectivity index (χ3v) is 4.96. The first-order chi connectivity index (χ1) is 11.6. The predicted molar refractivity (Wildman–Crippen MR) is 89.6 cm³/mol. The van der Waals surface area contributed by atoms with Crippen LogP contribution >= 0.6 is 11.5 Å². The minimum Gasteiger partial charge on any atom is -0.367 e. The third kappa shape index (κ3) is 3.59. The van der Waals surface area contributed by atoms with Crippen molar-refractivity contribution in [3.63, 3.8) is 0 Å². The van der Waals surface area contributed by atoms with E-state index in [0.717, 1.165) is 48.7 Å². The zero-order valence-electron chi connectivity index (χ0n) is 13.9. The van der Waals surface area contributed by atoms with E-state index in [0.29, 0.717) is 23.7 Å². The fraction of sp³-hybridized carbons (Fsp3) is 0.562. The van der Waals surface area contributed by atoms with Crippen molar-refractivity contribution < 1.29 is 9.53 Å². The third-order valence-electron chi connectivity index (χ3n) is 4.20. The lowest BCUT2D eigenvalue weighted by Gasteiger charge is -2.32. The Kier molecular flexibility index (Phi) is 5.15. The van der Waals surface area contributed by atoms with Crippen molar-refractivity contribution in [2.24, 2.45) is 0 Å². The molecule has 0 bridgehead atoms. The van der Waals surface area contributed by atoms with Gasteiger partial charge in [0.1, 0.15) is 10.5 Å². The topological polar surface area (TPSA) is 89.9 Å². The van der Waals surface area contributed by atoms with Crippen molar-refractivity contribution in [3.8, 4) is 0 Å². The molecule has 1 N–H and O–H groups in total. The highest BCUT2D eigenvalue weighted by atomic mass is 32.1. The molecule has 2 aromatic rings. The minimum absolute atomic E-state index is 0.159. The number of hydrogen-bond acceptors (Lipinski definition) is 7. The van der Waals surface area contributed by atoms with Crippen LogP contribution in [0.1, 0.15) is 59.9 Å². The van der Waals surface area contributed by atoms with Crippen molar-refractivity contribution in [1.82, 2.24) is 24.9 Å². The Labute approximate surface area is 145 Å². The summed E-state index contributed by atoms with van der Waals surface area (Å²) in [6.07, 6.45) is 7.33. The Morgan fingerprint density at radius 1 is 1.38 bits per heavy atom. The zero-order chi connectivity index (χ0) is 17.0. The average Bonchev–Trinajstić information content (AvgIpc) is 3.09. The second kappa shape index (κ2) is 7.31. The number of nitrogens with zero attached hydrogens (tertiary/aromatic N) is 4. The standard InChI is InChI=1S/C16H21N5O2S/c1-3-12-13(24-21-20-12)14(22)17-8-11-9-18-15(19-10-11)16(2)6-4-5-7-23-16/h9-10H,3-8H2,1-2H3,(H,17,22)/t16-/m0/s1. The van der Waals surface area contributed by atoms with E-state index in [1.165, 1.54) is 0 Å². The summed E-state index contributed by atoms with van der Waals surface area (Å²) in [5, 5.41) is 6.82. The molecular formula is C16H21N5O2S. The highest BCUT2D eigenvalue weighted by Crippen LogP contribution is 2.32. The minimum atomic E-state index is -0.398. The van der Waals surface area contributed by atoms with Gasteiger partial charge in [-0.15, -0.1) is 5.10 Å². The molecule has 1 saturated heterocycles. The molecule has 3 rings (SSSR count). The van der Waals surface area contributed by atoms with E-state index in [1.807, 2.05) is 13.8 Å². The van der Waals surface area contributed by atoms with Crippen LogP contribution in [-0.4, -0.2) is 32.1 Å². The summed E-state index contributed by atoms with van der Waals surface area (Å²) in [7, 11) is 0. The van der Waals surface area contributed by atoms with Crippen LogP contribution in [0.3, 0.4) is 0 Å². The Hall–Kier alpha value is -1.93. The van der Waals surface area contributed by atoms with E-state index < -0.39 is 5.60 Å². The summed E-state index contributed by atoms with van der Waals surface area (Å²) in [6, 6.07) is 0. The van der Waals surface area contributed by atoms with E-state index in [1.54, 1.807) is 12.4 Å². The van der Waals surface area contributed by atoms with E-state index in [2.05, 4.69) is 24.9 Å². The lowest BCUT2D eigenvalue weighted by atomic mass is 9.95. The number of rotatable bonds is 5. The molecule has 1 amide bonds. The maximum atomic E-state index is 12.2. The summed E-state index contributed by atoms with van der Waals surface area (Å²) in [6.45, 7) is 5.11. The second-order valence-electron chi connectivity index (χ2n) is 6.04. The first-order valence-electron chi connectivity index (χ1n) is 8.17. The number of ether oxygens (including phenoxy) is 1. The molecule has 1 atom stereocenters. The largest absolute Gasteiger partial charge is 0.367 e. The highest BCUT2D eigenvalue weighted by Gasteiger charge is 2.32. The first kappa shape index (κ1) is 16.9. The van der Waals surface area contributed by atoms with Crippen molar-refractivity contribution >= 4 is 17.4 Å². The van der Waals surface area contributed by atoms with Gasteiger partial charge in [0.05, 0.1) is 5.69 Å². The number of aromatic nitrogens is 4. The molecule has 1 fully saturated rings. The molecule has 8 heteroatoms. The molecule has 0 saturated carbocycles. The number of carbonyl (C=O) groups is 1. The van der Waals surface area contributed by atoms with Crippen LogP contribution < -0.4 is 5.32 Å². The Morgan fingerprint density at radius 2 is 2.17 bits per heavy atom. The fourth-order valence-corrected chi connectivity index (χ4v) is 3.37. The van der Waals surface area contributed by atoms with Crippen molar-refractivity contribution in [2.45, 2.75) is 51.7 Å². The summed E-state index contributed by atoms with van der Waals surface area (Å²) in [5.41, 5.74) is 1.18. The summed E-state index contributed by atoms with van der Waals surface area (Å²) in [4.78, 5) is 21.6. The van der Waals surface area contributed by atoms with Crippen LogP contribution in [0.5, 0.6) is 0 Å². The molecule has 7 nitrogen and oxygen atoms in total. The fourth-order valence-electron chi connectivity index (χ4n) is 2.70. The zero-order valence-corrected chi connectivity index (χ0v) is 14.7. The molecule has 0 spiro atoms. The van der Waals surface area contributed by atoms with Gasteiger partial charge in [-0.25, -0.2) is 9.97 Å². The van der Waals surface area contributed by atoms with E-state index in [9.17, 15) is 4.79 Å². The maximum Gasteiger partial charge on any atom is 0.265 e. The second-order valence-corrected chi connectivity index (χ2v) is 6.79. The van der Waals surface area contributed by atoms with Gasteiger partial charge >= 0.3 is 0 Å². The van der Waals surface area contributed by atoms with Gasteiger partial charge in [0.15, 0.2) is 5.82 Å². The normalized spacial score (nSPS) is 20.8. The van der Waals surface area contributed by atoms with Gasteiger partial charge in [-0.3, -0.25) is 4.79 Å². The number of hydrogen-bond donors (Lipinski definition) is 1. The monoisotopic (exact) mass is 347 g/mol. The van der Waals surface area contributed by atoms with Gasteiger partial charge in [0.2, 0.25) is 0 Å². The first-order valence-corrected chi connectivity index (χ1v) is 8.94. The Bertz CT molecular complexity index is 695. The Morgan fingerprint density at radius 3 is 2.83 bits per heavy atom. The Balaban J connectivity index is 1.61. The van der Waals surface area contributed by atoms with Crippen molar-refractivity contribution in [1.29, 1.82) is 0 Å². The van der Waals surface area contributed by atoms with Gasteiger partial charge in [-0.1, -0.05) is 11.4 Å². The smallest absolute Gasteiger partial charge is 0.265 e. The van der Waals surface area contributed by atoms with E-state index in [4.69, 9.17) is 4.74 Å². The van der Waals surface area contributed by atoms with Gasteiger partial charge in [0, 0.05) is 31.1 Å². The lowest BCUT2D eigenvalue weighted by Crippen LogP contribution is -2.32. The van der Waals surface area contributed by atoms with Crippen molar-refractivity contribution in [3.05, 3.63) is 34.4 Å². The van der Waals surface area contributed by atoms with Crippen LogP contribution in [0, 0.1) is 0 Å². The molecule has 0 aromatic carbocycles. The van der Waals surface area contributed by atoms with E-state index in [-0.39, 0.29) is 5.91 Å². The van der Waals surface area contributed by atoms with Crippen molar-refractivity contribution in [2.75, 3.05) is 6.61 Å². The number of nitrogens with one attached hydrogen (secondary N) is 1. The van der Waals surface area contributed by atoms with Gasteiger partial charge in [-0.2, -0.15) is 0 Å². The number of carbonyl (C=O) groups excluding carboxylic acids is 1. The molecule has 3 heterocycles. The number of aryl methyl sites for hydroxylation is 1. The SMILES string of the molecule is CCc1nnsc1C(=O)NCc1cnc([C@]2(C)CCCCO2)nc1. The average molecular weight is 347 g/mol. The maximum absolute atomic E-state index is 12.2. The van der Waals surface area contributed by atoms with Gasteiger partial charge in [0.25, 0.3) is 5.91 Å². The molecule has 128 valence electrons. The van der Waals surface area contributed by atoms with Crippen LogP contribution in [0.25, 0.3) is 0 Å². The molecular weight excluding hydrogens is 326 g/mol. The van der Waals surface area contributed by atoms with Gasteiger partial charge < -0.3 is 10.1 Å². The predicted octanol–water partition coefficient (Wildman–Crippen LogP) is 2.24. The highest BCUT2D eigenvalue weighted by molar-refractivity contribution is 7.08. The van der Waals surface area contributed by atoms with Gasteiger partial charge in [-0.05, 0) is 44.1 Å². The van der Waals surface area contributed by atoms with Crippen LogP contribution in [0.2, 0.25) is 0 Å². The van der Waals surface area contributed by atoms with Crippen LogP contribution in [0.15, 0.2) is 12.4 Å². The molecule has 0 radical (unpaired) electrons. The summed E-state index contributed by atoms with van der Waals surface area (Å²) < 4.78 is 9.69. The summed E-state index contributed by atoms with van der Waals surface area (Å²) >= 11 is 1.12. The summed E-state index contributed by atoms with van der Waals surface area (Å²) in [5.74, 6) is 0.547. The molecule has 0 unspecified atom stereocenters. The quantitative estimate of drug-likeness (QED) is 0.892. The van der Waals surface area contributed by atoms with E-state index >= 15 is 0 Å². The number of amides is 1. The molecule has 1 aliphatic heterocycles. The van der Waals surface area contributed by atoms with Crippen LogP contribution in [0.4, 0.5) is 0 Å². The molecule has 1 aliphatic rings. The molecule has 0 aliphatic carbocycles. The molecule has 2 aromatic heterocycles.